The van der Waals surface area contributed by atoms with E-state index in [1.165, 1.54) is 0 Å². The summed E-state index contributed by atoms with van der Waals surface area (Å²) in [5, 5.41) is 6.27. The summed E-state index contributed by atoms with van der Waals surface area (Å²) in [6.07, 6.45) is 0. The molecule has 1 aromatic carbocycles. The van der Waals surface area contributed by atoms with E-state index in [9.17, 15) is 4.79 Å². The molecule has 0 atom stereocenters. The van der Waals surface area contributed by atoms with Gasteiger partial charge in [0.2, 0.25) is 0 Å². The zero-order valence-corrected chi connectivity index (χ0v) is 11.2. The molecule has 0 aliphatic heterocycles. The van der Waals surface area contributed by atoms with Gasteiger partial charge in [0.05, 0.1) is 11.0 Å². The highest BCUT2D eigenvalue weighted by molar-refractivity contribution is 6.33. The largest absolute Gasteiger partial charge is 0.360 e. The summed E-state index contributed by atoms with van der Waals surface area (Å²) >= 11 is 5.99. The van der Waals surface area contributed by atoms with Gasteiger partial charge in [-0.05, 0) is 19.1 Å². The van der Waals surface area contributed by atoms with Gasteiger partial charge in [0, 0.05) is 6.07 Å². The van der Waals surface area contributed by atoms with Crippen molar-refractivity contribution in [2.45, 2.75) is 6.92 Å². The van der Waals surface area contributed by atoms with Gasteiger partial charge in [-0.15, -0.1) is 0 Å². The third-order valence-corrected chi connectivity index (χ3v) is 2.88. The number of fused-ring (bicyclic) bond motifs is 1. The Balaban J connectivity index is 1.96. The Labute approximate surface area is 118 Å². The van der Waals surface area contributed by atoms with E-state index in [0.717, 1.165) is 0 Å². The Kier molecular flexibility index (Phi) is 3.08. The first kappa shape index (κ1) is 12.6. The first-order valence-electron chi connectivity index (χ1n) is 5.80. The molecule has 1 N–H and O–H groups in total. The molecule has 7 heteroatoms. The third kappa shape index (κ3) is 2.33. The molecule has 2 aromatic heterocycles. The van der Waals surface area contributed by atoms with Crippen LogP contribution in [0.25, 0.3) is 11.0 Å². The average Bonchev–Trinajstić information content (AvgIpc) is 2.83. The zero-order chi connectivity index (χ0) is 14.1. The van der Waals surface area contributed by atoms with E-state index < -0.39 is 5.91 Å². The number of anilines is 1. The third-order valence-electron chi connectivity index (χ3n) is 2.61. The van der Waals surface area contributed by atoms with Crippen molar-refractivity contribution in [3.8, 4) is 0 Å². The molecule has 0 aliphatic rings. The molecule has 100 valence electrons. The molecule has 0 saturated heterocycles. The predicted molar refractivity (Wildman–Crippen MR) is 73.7 cm³/mol. The Morgan fingerprint density at radius 2 is 1.95 bits per heavy atom. The number of hydrogen-bond acceptors (Lipinski definition) is 5. The number of carbonyl (C=O) groups excluding carboxylic acids is 1. The molecule has 1 amide bonds. The summed E-state index contributed by atoms with van der Waals surface area (Å²) in [6, 6.07) is 8.77. The number of halogens is 1. The number of nitrogens with one attached hydrogen (secondary N) is 1. The van der Waals surface area contributed by atoms with Crippen molar-refractivity contribution in [2.24, 2.45) is 0 Å². The van der Waals surface area contributed by atoms with Crippen molar-refractivity contribution < 1.29 is 9.32 Å². The lowest BCUT2D eigenvalue weighted by atomic mass is 10.3. The van der Waals surface area contributed by atoms with Crippen LogP contribution in [0.15, 0.2) is 34.9 Å². The van der Waals surface area contributed by atoms with Gasteiger partial charge < -0.3 is 9.84 Å². The molecule has 0 radical (unpaired) electrons. The summed E-state index contributed by atoms with van der Waals surface area (Å²) in [5.74, 6) is 0.413. The topological polar surface area (TPSA) is 80.9 Å². The van der Waals surface area contributed by atoms with Crippen molar-refractivity contribution in [2.75, 3.05) is 5.32 Å². The van der Waals surface area contributed by atoms with Gasteiger partial charge in [-0.25, -0.2) is 9.97 Å². The zero-order valence-electron chi connectivity index (χ0n) is 10.4. The minimum Gasteiger partial charge on any atom is -0.360 e. The van der Waals surface area contributed by atoms with Gasteiger partial charge >= 0.3 is 0 Å². The Hall–Kier alpha value is -2.47. The number of amides is 1. The maximum absolute atomic E-state index is 12.1. The quantitative estimate of drug-likeness (QED) is 0.784. The second-order valence-electron chi connectivity index (χ2n) is 4.13. The van der Waals surface area contributed by atoms with E-state index in [1.807, 2.05) is 12.1 Å². The number of nitrogens with zero attached hydrogens (tertiary/aromatic N) is 3. The molecule has 3 aromatic rings. The fourth-order valence-electron chi connectivity index (χ4n) is 1.72. The molecule has 0 fully saturated rings. The number of hydrogen-bond donors (Lipinski definition) is 1. The Morgan fingerprint density at radius 1 is 1.25 bits per heavy atom. The molecule has 0 unspecified atom stereocenters. The lowest BCUT2D eigenvalue weighted by Crippen LogP contribution is -2.15. The number of benzene rings is 1. The first-order chi connectivity index (χ1) is 9.63. The van der Waals surface area contributed by atoms with Gasteiger partial charge in [0.15, 0.2) is 16.7 Å². The van der Waals surface area contributed by atoms with Crippen LogP contribution in [0.3, 0.4) is 0 Å². The predicted octanol–water partition coefficient (Wildman–Crippen LogP) is 2.83. The van der Waals surface area contributed by atoms with Crippen molar-refractivity contribution in [1.82, 2.24) is 15.1 Å². The van der Waals surface area contributed by atoms with E-state index in [1.54, 1.807) is 25.1 Å². The molecule has 20 heavy (non-hydrogen) atoms. The average molecular weight is 289 g/mol. The monoisotopic (exact) mass is 288 g/mol. The highest BCUT2D eigenvalue weighted by Crippen LogP contribution is 2.18. The normalized spacial score (nSPS) is 10.7. The van der Waals surface area contributed by atoms with Crippen molar-refractivity contribution in [3.63, 3.8) is 0 Å². The van der Waals surface area contributed by atoms with Gasteiger partial charge in [-0.3, -0.25) is 4.79 Å². The Bertz CT molecular complexity index is 800. The smallest absolute Gasteiger partial charge is 0.278 e. The van der Waals surface area contributed by atoms with Gasteiger partial charge in [-0.2, -0.15) is 0 Å². The van der Waals surface area contributed by atoms with E-state index in [2.05, 4.69) is 20.4 Å². The van der Waals surface area contributed by atoms with Crippen LogP contribution in [0.2, 0.25) is 5.15 Å². The summed E-state index contributed by atoms with van der Waals surface area (Å²) < 4.78 is 4.87. The van der Waals surface area contributed by atoms with Crippen LogP contribution in [-0.4, -0.2) is 21.0 Å². The van der Waals surface area contributed by atoms with Crippen LogP contribution in [0, 0.1) is 6.92 Å². The van der Waals surface area contributed by atoms with E-state index in [0.29, 0.717) is 22.6 Å². The van der Waals surface area contributed by atoms with Gasteiger partial charge in [0.1, 0.15) is 5.76 Å². The van der Waals surface area contributed by atoms with Crippen molar-refractivity contribution in [3.05, 3.63) is 46.9 Å². The number of aryl methyl sites for hydroxylation is 1. The number of aromatic nitrogens is 3. The maximum atomic E-state index is 12.1. The van der Waals surface area contributed by atoms with Crippen molar-refractivity contribution in [1.29, 1.82) is 0 Å². The molecule has 3 rings (SSSR count). The lowest BCUT2D eigenvalue weighted by Gasteiger charge is -2.04. The molecular weight excluding hydrogens is 280 g/mol. The van der Waals surface area contributed by atoms with Crippen molar-refractivity contribution >= 4 is 34.4 Å². The summed E-state index contributed by atoms with van der Waals surface area (Å²) in [6.45, 7) is 1.73. The molecule has 6 nitrogen and oxygen atoms in total. The fourth-order valence-corrected chi connectivity index (χ4v) is 1.94. The maximum Gasteiger partial charge on any atom is 0.278 e. The highest BCUT2D eigenvalue weighted by Gasteiger charge is 2.16. The second kappa shape index (κ2) is 4.90. The lowest BCUT2D eigenvalue weighted by molar-refractivity contribution is 0.102. The van der Waals surface area contributed by atoms with Crippen LogP contribution in [0.1, 0.15) is 16.2 Å². The van der Waals surface area contributed by atoms with Crippen LogP contribution in [0.5, 0.6) is 0 Å². The van der Waals surface area contributed by atoms with Crippen LogP contribution in [0.4, 0.5) is 5.82 Å². The Morgan fingerprint density at radius 3 is 2.60 bits per heavy atom. The highest BCUT2D eigenvalue weighted by atomic mass is 35.5. The van der Waals surface area contributed by atoms with Gasteiger partial charge in [-0.1, -0.05) is 28.9 Å². The molecule has 0 bridgehead atoms. The van der Waals surface area contributed by atoms with E-state index in [-0.39, 0.29) is 10.8 Å². The van der Waals surface area contributed by atoms with Gasteiger partial charge in [0.25, 0.3) is 5.91 Å². The minimum atomic E-state index is -0.485. The summed E-state index contributed by atoms with van der Waals surface area (Å²) in [5.41, 5.74) is 1.27. The fraction of sp³-hybridized carbons (Fsp3) is 0.0769. The summed E-state index contributed by atoms with van der Waals surface area (Å²) in [7, 11) is 0. The van der Waals surface area contributed by atoms with Crippen LogP contribution < -0.4 is 5.32 Å². The molecule has 0 aliphatic carbocycles. The van der Waals surface area contributed by atoms with E-state index >= 15 is 0 Å². The molecule has 0 spiro atoms. The van der Waals surface area contributed by atoms with Crippen LogP contribution in [-0.2, 0) is 0 Å². The molecule has 0 saturated carbocycles. The van der Waals surface area contributed by atoms with E-state index in [4.69, 9.17) is 16.1 Å². The molecule has 2 heterocycles. The summed E-state index contributed by atoms with van der Waals surface area (Å²) in [4.78, 5) is 20.5. The molecular formula is C13H9ClN4O2. The number of carbonyl (C=O) groups is 1. The SMILES string of the molecule is Cc1cc(NC(=O)c2nc3ccccc3nc2Cl)no1. The minimum absolute atomic E-state index is 0.0430. The number of rotatable bonds is 2. The first-order valence-corrected chi connectivity index (χ1v) is 6.18. The van der Waals surface area contributed by atoms with Crippen LogP contribution >= 0.6 is 11.6 Å². The second-order valence-corrected chi connectivity index (χ2v) is 4.49. The standard InChI is InChI=1S/C13H9ClN4O2/c1-7-6-10(18-20-7)17-13(19)11-12(14)16-9-5-3-2-4-8(9)15-11/h2-6H,1H3,(H,17,18,19). The number of para-hydroxylation sites is 2.